The van der Waals surface area contributed by atoms with Gasteiger partial charge < -0.3 is 4.65 Å². The molecule has 3 heterocycles. The first-order valence-electron chi connectivity index (χ1n) is 6.51. The number of nitrogens with zero attached hydrogens (tertiary/aromatic N) is 1. The lowest BCUT2D eigenvalue weighted by atomic mass is 9.90. The van der Waals surface area contributed by atoms with Crippen LogP contribution >= 0.6 is 0 Å². The summed E-state index contributed by atoms with van der Waals surface area (Å²) < 4.78 is 8.25. The number of benzene rings is 1. The van der Waals surface area contributed by atoms with Crippen molar-refractivity contribution in [1.82, 2.24) is 0 Å². The van der Waals surface area contributed by atoms with E-state index in [4.69, 9.17) is 4.65 Å². The van der Waals surface area contributed by atoms with Gasteiger partial charge in [0, 0.05) is 17.9 Å². The van der Waals surface area contributed by atoms with Crippen molar-refractivity contribution in [1.29, 1.82) is 0 Å². The van der Waals surface area contributed by atoms with Crippen molar-refractivity contribution >= 4 is 6.92 Å². The van der Waals surface area contributed by atoms with Crippen molar-refractivity contribution in [3.63, 3.8) is 0 Å². The van der Waals surface area contributed by atoms with Gasteiger partial charge in [-0.25, -0.2) is 4.57 Å². The summed E-state index contributed by atoms with van der Waals surface area (Å²) in [5.74, 6) is 1.78. The summed E-state index contributed by atoms with van der Waals surface area (Å²) in [6, 6.07) is 10.8. The highest BCUT2D eigenvalue weighted by Crippen LogP contribution is 2.54. The molecule has 18 heavy (non-hydrogen) atoms. The summed E-state index contributed by atoms with van der Waals surface area (Å²) in [7, 11) is 2.09. The maximum atomic E-state index is 6.09. The molecule has 0 radical (unpaired) electrons. The van der Waals surface area contributed by atoms with Crippen LogP contribution in [0, 0.1) is 6.92 Å². The third kappa shape index (κ3) is 1.27. The Morgan fingerprint density at radius 1 is 1.28 bits per heavy atom. The smallest absolute Gasteiger partial charge is 0.364 e. The molecule has 88 valence electrons. The highest BCUT2D eigenvalue weighted by atomic mass is 16.4. The molecule has 1 aromatic carbocycles. The van der Waals surface area contributed by atoms with Crippen molar-refractivity contribution in [2.75, 3.05) is 0 Å². The van der Waals surface area contributed by atoms with Gasteiger partial charge in [-0.15, -0.1) is 0 Å². The van der Waals surface area contributed by atoms with Crippen molar-refractivity contribution in [2.45, 2.75) is 19.1 Å². The largest absolute Gasteiger partial charge is 0.559 e. The second-order valence-corrected chi connectivity index (χ2v) is 5.37. The zero-order chi connectivity index (χ0) is 12.3. The number of rotatable bonds is 1. The Balaban J connectivity index is 1.98. The first kappa shape index (κ1) is 10.2. The zero-order valence-corrected chi connectivity index (χ0v) is 10.7. The van der Waals surface area contributed by atoms with E-state index in [0.717, 1.165) is 5.75 Å². The van der Waals surface area contributed by atoms with E-state index < -0.39 is 0 Å². The van der Waals surface area contributed by atoms with Gasteiger partial charge in [-0.05, 0) is 30.4 Å². The Labute approximate surface area is 107 Å². The summed E-state index contributed by atoms with van der Waals surface area (Å²) in [6.45, 7) is 2.62. The Bertz CT molecular complexity index is 653. The normalized spacial score (nSPS) is 19.2. The van der Waals surface area contributed by atoms with Crippen LogP contribution in [-0.4, -0.2) is 6.92 Å². The molecule has 1 saturated heterocycles. The van der Waals surface area contributed by atoms with Gasteiger partial charge in [0.2, 0.25) is 5.69 Å². The van der Waals surface area contributed by atoms with Gasteiger partial charge in [0.1, 0.15) is 12.8 Å². The molecule has 0 spiro atoms. The van der Waals surface area contributed by atoms with Gasteiger partial charge in [0.25, 0.3) is 0 Å². The van der Waals surface area contributed by atoms with E-state index in [1.54, 1.807) is 0 Å². The number of pyridine rings is 1. The van der Waals surface area contributed by atoms with Gasteiger partial charge in [-0.3, -0.25) is 0 Å². The van der Waals surface area contributed by atoms with Crippen LogP contribution in [0.3, 0.4) is 0 Å². The summed E-state index contributed by atoms with van der Waals surface area (Å²) in [5.41, 5.74) is 5.19. The molecule has 2 aliphatic heterocycles. The fraction of sp³-hybridized carbons (Fsp3) is 0.267. The molecule has 1 fully saturated rings. The van der Waals surface area contributed by atoms with E-state index in [2.05, 4.69) is 55.1 Å². The van der Waals surface area contributed by atoms with Crippen LogP contribution in [-0.2, 0) is 7.05 Å². The third-order valence-corrected chi connectivity index (χ3v) is 4.11. The van der Waals surface area contributed by atoms with Gasteiger partial charge >= 0.3 is 6.92 Å². The summed E-state index contributed by atoms with van der Waals surface area (Å²) >= 11 is 0. The average molecular weight is 236 g/mol. The molecular formula is C15H15BNO+. The lowest BCUT2D eigenvalue weighted by Crippen LogP contribution is -2.30. The lowest BCUT2D eigenvalue weighted by molar-refractivity contribution is -0.660. The molecule has 2 aliphatic rings. The Hall–Kier alpha value is -1.77. The fourth-order valence-electron chi connectivity index (χ4n) is 3.00. The number of hydrogen-bond donors (Lipinski definition) is 0. The minimum atomic E-state index is 0.453. The topological polar surface area (TPSA) is 13.1 Å². The molecule has 4 rings (SSSR count). The van der Waals surface area contributed by atoms with E-state index >= 15 is 0 Å². The highest BCUT2D eigenvalue weighted by molar-refractivity contribution is 6.67. The minimum Gasteiger partial charge on any atom is -0.559 e. The van der Waals surface area contributed by atoms with Crippen LogP contribution in [0.4, 0.5) is 0 Å². The third-order valence-electron chi connectivity index (χ3n) is 4.11. The summed E-state index contributed by atoms with van der Waals surface area (Å²) in [4.78, 5) is 0. The average Bonchev–Trinajstić information content (AvgIpc) is 3.03. The van der Waals surface area contributed by atoms with E-state index in [1.165, 1.54) is 28.7 Å². The van der Waals surface area contributed by atoms with Crippen molar-refractivity contribution in [3.8, 4) is 17.0 Å². The van der Waals surface area contributed by atoms with Crippen LogP contribution < -0.4 is 9.22 Å². The molecule has 0 saturated carbocycles. The predicted octanol–water partition coefficient (Wildman–Crippen LogP) is 2.51. The monoisotopic (exact) mass is 236 g/mol. The molecule has 1 aromatic heterocycles. The van der Waals surface area contributed by atoms with E-state index in [1.807, 2.05) is 0 Å². The Kier molecular flexibility index (Phi) is 1.91. The quantitative estimate of drug-likeness (QED) is 0.547. The second-order valence-electron chi connectivity index (χ2n) is 5.37. The van der Waals surface area contributed by atoms with Crippen LogP contribution in [0.2, 0.25) is 6.32 Å². The number of fused-ring (bicyclic) bond motifs is 3. The summed E-state index contributed by atoms with van der Waals surface area (Å²) in [5, 5.41) is 0. The van der Waals surface area contributed by atoms with E-state index in [0.29, 0.717) is 12.7 Å². The minimum absolute atomic E-state index is 0.453. The van der Waals surface area contributed by atoms with Crippen LogP contribution in [0.1, 0.15) is 16.9 Å². The van der Waals surface area contributed by atoms with Crippen molar-refractivity contribution in [2.24, 2.45) is 7.05 Å². The molecule has 0 bridgehead atoms. The molecule has 0 aliphatic carbocycles. The Morgan fingerprint density at radius 2 is 2.17 bits per heavy atom. The Morgan fingerprint density at radius 3 is 3.00 bits per heavy atom. The van der Waals surface area contributed by atoms with Gasteiger partial charge in [0.05, 0.1) is 5.56 Å². The molecule has 2 aromatic rings. The molecule has 1 unspecified atom stereocenters. The van der Waals surface area contributed by atoms with Crippen LogP contribution in [0.25, 0.3) is 11.3 Å². The van der Waals surface area contributed by atoms with Gasteiger partial charge in [-0.1, -0.05) is 12.1 Å². The van der Waals surface area contributed by atoms with Crippen LogP contribution in [0.15, 0.2) is 36.5 Å². The van der Waals surface area contributed by atoms with Gasteiger partial charge in [-0.2, -0.15) is 0 Å². The first-order valence-corrected chi connectivity index (χ1v) is 6.51. The molecule has 2 nitrogen and oxygen atoms in total. The zero-order valence-electron chi connectivity index (χ0n) is 10.7. The molecule has 1 atom stereocenters. The standard InChI is InChI=1S/C15H15BNO/c1-10-6-7-11-12-9-16(12)18-15(11)14(10)13-5-3-4-8-17(13)2/h3-8,12H,9H2,1-2H3/q+1. The van der Waals surface area contributed by atoms with Crippen molar-refractivity contribution in [3.05, 3.63) is 47.7 Å². The fourth-order valence-corrected chi connectivity index (χ4v) is 3.00. The van der Waals surface area contributed by atoms with E-state index in [-0.39, 0.29) is 0 Å². The SMILES string of the molecule is Cc1ccc2c(c1-c1cccc[n+]1C)OB1CC12. The lowest BCUT2D eigenvalue weighted by Gasteiger charge is -2.12. The number of hydrogen-bond acceptors (Lipinski definition) is 1. The maximum absolute atomic E-state index is 6.09. The predicted molar refractivity (Wildman–Crippen MR) is 71.7 cm³/mol. The van der Waals surface area contributed by atoms with Gasteiger partial charge in [0.15, 0.2) is 6.20 Å². The first-order chi connectivity index (χ1) is 8.75. The number of aryl methyl sites for hydroxylation is 2. The molecule has 3 heteroatoms. The maximum Gasteiger partial charge on any atom is 0.364 e. The van der Waals surface area contributed by atoms with E-state index in [9.17, 15) is 0 Å². The van der Waals surface area contributed by atoms with Crippen molar-refractivity contribution < 1.29 is 9.22 Å². The molecular weight excluding hydrogens is 221 g/mol. The summed E-state index contributed by atoms with van der Waals surface area (Å²) in [6.07, 6.45) is 3.29. The molecule has 0 amide bonds. The number of aromatic nitrogens is 1. The second kappa shape index (κ2) is 3.38. The highest BCUT2D eigenvalue weighted by Gasteiger charge is 2.54. The van der Waals surface area contributed by atoms with Crippen LogP contribution in [0.5, 0.6) is 5.75 Å². The molecule has 0 N–H and O–H groups in total.